The van der Waals surface area contributed by atoms with E-state index in [1.54, 1.807) is 11.0 Å². The van der Waals surface area contributed by atoms with Gasteiger partial charge in [0.1, 0.15) is 0 Å². The maximum Gasteiger partial charge on any atom is 0.335 e. The second-order valence-electron chi connectivity index (χ2n) is 4.79. The molecule has 2 rings (SSSR count). The Morgan fingerprint density at radius 1 is 1.05 bits per heavy atom. The zero-order valence-corrected chi connectivity index (χ0v) is 10.8. The second kappa shape index (κ2) is 5.73. The molecule has 1 amide bonds. The highest BCUT2D eigenvalue weighted by molar-refractivity contribution is 5.97. The van der Waals surface area contributed by atoms with Gasteiger partial charge in [0.05, 0.1) is 11.5 Å². The third-order valence-corrected chi connectivity index (χ3v) is 3.49. The molecule has 1 saturated heterocycles. The van der Waals surface area contributed by atoms with Crippen molar-refractivity contribution < 1.29 is 24.6 Å². The van der Waals surface area contributed by atoms with Gasteiger partial charge in [-0.05, 0) is 31.0 Å². The first kappa shape index (κ1) is 14.0. The zero-order valence-electron chi connectivity index (χ0n) is 10.8. The zero-order chi connectivity index (χ0) is 14.7. The molecule has 106 valence electrons. The predicted octanol–water partition coefficient (Wildman–Crippen LogP) is 1.32. The first-order chi connectivity index (χ1) is 9.49. The SMILES string of the molecule is O=C(O)c1cccc(C(=O)N2CCC(C(=O)O)CC2)c1. The van der Waals surface area contributed by atoms with E-state index in [0.29, 0.717) is 31.5 Å². The Bertz CT molecular complexity index is 546. The number of hydrogen-bond acceptors (Lipinski definition) is 3. The molecular formula is C14H15NO5. The summed E-state index contributed by atoms with van der Waals surface area (Å²) in [5.74, 6) is -2.56. The van der Waals surface area contributed by atoms with Gasteiger partial charge in [-0.2, -0.15) is 0 Å². The van der Waals surface area contributed by atoms with Gasteiger partial charge in [-0.1, -0.05) is 6.07 Å². The van der Waals surface area contributed by atoms with Gasteiger partial charge in [0.25, 0.3) is 5.91 Å². The molecule has 1 aliphatic heterocycles. The number of hydrogen-bond donors (Lipinski definition) is 2. The lowest BCUT2D eigenvalue weighted by Crippen LogP contribution is -2.40. The fourth-order valence-corrected chi connectivity index (χ4v) is 2.30. The molecule has 0 aliphatic carbocycles. The minimum absolute atomic E-state index is 0.0660. The van der Waals surface area contributed by atoms with Crippen LogP contribution in [0.4, 0.5) is 0 Å². The molecule has 0 bridgehead atoms. The predicted molar refractivity (Wildman–Crippen MR) is 69.7 cm³/mol. The first-order valence-corrected chi connectivity index (χ1v) is 6.34. The molecule has 0 aromatic heterocycles. The molecule has 0 saturated carbocycles. The van der Waals surface area contributed by atoms with Crippen LogP contribution in [0.1, 0.15) is 33.6 Å². The maximum absolute atomic E-state index is 12.2. The van der Waals surface area contributed by atoms with Crippen LogP contribution < -0.4 is 0 Å². The van der Waals surface area contributed by atoms with E-state index >= 15 is 0 Å². The molecule has 1 aromatic carbocycles. The van der Waals surface area contributed by atoms with Crippen LogP contribution in [0.25, 0.3) is 0 Å². The van der Waals surface area contributed by atoms with Crippen molar-refractivity contribution in [2.45, 2.75) is 12.8 Å². The maximum atomic E-state index is 12.2. The van der Waals surface area contributed by atoms with Crippen LogP contribution in [-0.4, -0.2) is 46.0 Å². The third kappa shape index (κ3) is 2.96. The van der Waals surface area contributed by atoms with Crippen LogP contribution in [0.3, 0.4) is 0 Å². The number of carboxylic acids is 2. The van der Waals surface area contributed by atoms with Crippen LogP contribution in [-0.2, 0) is 4.79 Å². The lowest BCUT2D eigenvalue weighted by molar-refractivity contribution is -0.143. The van der Waals surface area contributed by atoms with Crippen molar-refractivity contribution in [1.29, 1.82) is 0 Å². The summed E-state index contributed by atoms with van der Waals surface area (Å²) < 4.78 is 0. The molecule has 1 heterocycles. The van der Waals surface area contributed by atoms with E-state index in [9.17, 15) is 14.4 Å². The number of carboxylic acid groups (broad SMARTS) is 2. The number of rotatable bonds is 3. The van der Waals surface area contributed by atoms with Gasteiger partial charge in [-0.15, -0.1) is 0 Å². The van der Waals surface area contributed by atoms with E-state index in [0.717, 1.165) is 0 Å². The number of aliphatic carboxylic acids is 1. The number of likely N-dealkylation sites (tertiary alicyclic amines) is 1. The normalized spacial score (nSPS) is 15.9. The van der Waals surface area contributed by atoms with Crippen molar-refractivity contribution in [2.24, 2.45) is 5.92 Å². The standard InChI is InChI=1S/C14H15NO5/c16-12(10-2-1-3-11(8-10)14(19)20)15-6-4-9(5-7-15)13(17)18/h1-3,8-9H,4-7H2,(H,17,18)(H,19,20). The fourth-order valence-electron chi connectivity index (χ4n) is 2.30. The lowest BCUT2D eigenvalue weighted by Gasteiger charge is -2.30. The number of carbonyl (C=O) groups excluding carboxylic acids is 1. The monoisotopic (exact) mass is 277 g/mol. The summed E-state index contributed by atoms with van der Waals surface area (Å²) in [6, 6.07) is 5.86. The number of amides is 1. The van der Waals surface area contributed by atoms with Crippen LogP contribution >= 0.6 is 0 Å². The Morgan fingerprint density at radius 2 is 1.65 bits per heavy atom. The van der Waals surface area contributed by atoms with E-state index < -0.39 is 17.9 Å². The van der Waals surface area contributed by atoms with E-state index in [1.165, 1.54) is 18.2 Å². The Hall–Kier alpha value is -2.37. The van der Waals surface area contributed by atoms with Crippen LogP contribution in [0.2, 0.25) is 0 Å². The highest BCUT2D eigenvalue weighted by atomic mass is 16.4. The van der Waals surface area contributed by atoms with Crippen molar-refractivity contribution in [3.8, 4) is 0 Å². The number of piperidine rings is 1. The van der Waals surface area contributed by atoms with Gasteiger partial charge >= 0.3 is 11.9 Å². The van der Waals surface area contributed by atoms with E-state index in [1.807, 2.05) is 0 Å². The number of nitrogens with zero attached hydrogens (tertiary/aromatic N) is 1. The summed E-state index contributed by atoms with van der Waals surface area (Å²) in [6.45, 7) is 0.764. The van der Waals surface area contributed by atoms with Crippen molar-refractivity contribution in [3.05, 3.63) is 35.4 Å². The molecule has 0 radical (unpaired) electrons. The molecule has 1 aromatic rings. The van der Waals surface area contributed by atoms with Gasteiger partial charge in [-0.3, -0.25) is 9.59 Å². The van der Waals surface area contributed by atoms with Gasteiger partial charge in [0.2, 0.25) is 0 Å². The molecule has 2 N–H and O–H groups in total. The van der Waals surface area contributed by atoms with Gasteiger partial charge in [0.15, 0.2) is 0 Å². The van der Waals surface area contributed by atoms with Gasteiger partial charge < -0.3 is 15.1 Å². The largest absolute Gasteiger partial charge is 0.481 e. The summed E-state index contributed by atoms with van der Waals surface area (Å²) in [6.07, 6.45) is 0.861. The smallest absolute Gasteiger partial charge is 0.335 e. The van der Waals surface area contributed by atoms with Crippen molar-refractivity contribution in [1.82, 2.24) is 4.90 Å². The van der Waals surface area contributed by atoms with E-state index in [2.05, 4.69) is 0 Å². The summed E-state index contributed by atoms with van der Waals surface area (Å²) in [5, 5.41) is 17.8. The number of benzene rings is 1. The third-order valence-electron chi connectivity index (χ3n) is 3.49. The molecule has 6 nitrogen and oxygen atoms in total. The van der Waals surface area contributed by atoms with Gasteiger partial charge in [-0.25, -0.2) is 4.79 Å². The average Bonchev–Trinajstić information content (AvgIpc) is 2.46. The second-order valence-corrected chi connectivity index (χ2v) is 4.79. The average molecular weight is 277 g/mol. The van der Waals surface area contributed by atoms with Crippen LogP contribution in [0, 0.1) is 5.92 Å². The van der Waals surface area contributed by atoms with Crippen molar-refractivity contribution in [3.63, 3.8) is 0 Å². The first-order valence-electron chi connectivity index (χ1n) is 6.34. The summed E-state index contributed by atoms with van der Waals surface area (Å²) in [5.41, 5.74) is 0.384. The Kier molecular flexibility index (Phi) is 4.02. The topological polar surface area (TPSA) is 94.9 Å². The molecule has 1 fully saturated rings. The Balaban J connectivity index is 2.07. The lowest BCUT2D eigenvalue weighted by atomic mass is 9.96. The molecule has 0 unspecified atom stereocenters. The molecule has 0 spiro atoms. The Labute approximate surface area is 115 Å². The molecule has 6 heteroatoms. The van der Waals surface area contributed by atoms with Crippen molar-refractivity contribution >= 4 is 17.8 Å². The highest BCUT2D eigenvalue weighted by Gasteiger charge is 2.27. The van der Waals surface area contributed by atoms with Gasteiger partial charge in [0, 0.05) is 18.7 Å². The van der Waals surface area contributed by atoms with Crippen molar-refractivity contribution in [2.75, 3.05) is 13.1 Å². The molecule has 1 aliphatic rings. The quantitative estimate of drug-likeness (QED) is 0.868. The number of carbonyl (C=O) groups is 3. The summed E-state index contributed by atoms with van der Waals surface area (Å²) >= 11 is 0. The minimum Gasteiger partial charge on any atom is -0.481 e. The van der Waals surface area contributed by atoms with E-state index in [-0.39, 0.29) is 11.5 Å². The summed E-state index contributed by atoms with van der Waals surface area (Å²) in [7, 11) is 0. The molecular weight excluding hydrogens is 262 g/mol. The fraction of sp³-hybridized carbons (Fsp3) is 0.357. The Morgan fingerprint density at radius 3 is 2.20 bits per heavy atom. The minimum atomic E-state index is -1.08. The molecule has 20 heavy (non-hydrogen) atoms. The number of aromatic carboxylic acids is 1. The van der Waals surface area contributed by atoms with E-state index in [4.69, 9.17) is 10.2 Å². The van der Waals surface area contributed by atoms with Crippen LogP contribution in [0.15, 0.2) is 24.3 Å². The summed E-state index contributed by atoms with van der Waals surface area (Å²) in [4.78, 5) is 35.5. The van der Waals surface area contributed by atoms with Crippen LogP contribution in [0.5, 0.6) is 0 Å². The molecule has 0 atom stereocenters. The highest BCUT2D eigenvalue weighted by Crippen LogP contribution is 2.19.